The number of rotatable bonds is 6. The lowest BCUT2D eigenvalue weighted by atomic mass is 10.2. The van der Waals surface area contributed by atoms with Crippen molar-refractivity contribution in [3.63, 3.8) is 0 Å². The first-order chi connectivity index (χ1) is 9.85. The lowest BCUT2D eigenvalue weighted by Crippen LogP contribution is -2.33. The maximum Gasteiger partial charge on any atom is 0.337 e. The minimum atomic E-state index is -3.91. The Morgan fingerprint density at radius 3 is 2.76 bits per heavy atom. The van der Waals surface area contributed by atoms with Gasteiger partial charge in [0.15, 0.2) is 0 Å². The quantitative estimate of drug-likeness (QED) is 0.762. The molecule has 0 aromatic heterocycles. The summed E-state index contributed by atoms with van der Waals surface area (Å²) in [4.78, 5) is 11.2. The molecule has 21 heavy (non-hydrogen) atoms. The second kappa shape index (κ2) is 6.31. The third-order valence-corrected chi connectivity index (χ3v) is 5.20. The Kier molecular flexibility index (Phi) is 4.88. The van der Waals surface area contributed by atoms with Gasteiger partial charge >= 0.3 is 5.97 Å². The molecule has 1 atom stereocenters. The average Bonchev–Trinajstić information content (AvgIpc) is 3.29. The van der Waals surface area contributed by atoms with Crippen LogP contribution in [0.5, 0.6) is 0 Å². The van der Waals surface area contributed by atoms with Crippen molar-refractivity contribution in [2.75, 3.05) is 13.7 Å². The molecule has 0 saturated heterocycles. The van der Waals surface area contributed by atoms with Crippen LogP contribution in [-0.4, -0.2) is 39.3 Å². The number of hydrogen-bond acceptors (Lipinski definition) is 5. The van der Waals surface area contributed by atoms with Crippen molar-refractivity contribution in [2.45, 2.75) is 23.8 Å². The molecule has 1 aromatic carbocycles. The number of methoxy groups -OCH3 is 1. The number of aliphatic hydroxyl groups excluding tert-OH is 1. The number of carbonyl (C=O) groups excluding carboxylic acids is 1. The van der Waals surface area contributed by atoms with E-state index in [0.717, 1.165) is 18.9 Å². The van der Waals surface area contributed by atoms with Crippen LogP contribution < -0.4 is 4.72 Å². The molecule has 0 amide bonds. The topological polar surface area (TPSA) is 92.7 Å². The number of ether oxygens (including phenoxy) is 1. The second-order valence-electron chi connectivity index (χ2n) is 4.89. The highest BCUT2D eigenvalue weighted by molar-refractivity contribution is 7.89. The molecule has 0 radical (unpaired) electrons. The smallest absolute Gasteiger partial charge is 0.337 e. The number of carbonyl (C=O) groups is 1. The van der Waals surface area contributed by atoms with Gasteiger partial charge in [-0.1, -0.05) is 11.6 Å². The third-order valence-electron chi connectivity index (χ3n) is 3.29. The SMILES string of the molecule is COC(=O)c1ccc(Cl)c(S(=O)(=O)NCC(O)C2CC2)c1. The first-order valence-corrected chi connectivity index (χ1v) is 8.27. The van der Waals surface area contributed by atoms with Crippen LogP contribution in [0.1, 0.15) is 23.2 Å². The molecule has 1 saturated carbocycles. The Labute approximate surface area is 128 Å². The molecule has 1 fully saturated rings. The van der Waals surface area contributed by atoms with E-state index in [4.69, 9.17) is 11.6 Å². The summed E-state index contributed by atoms with van der Waals surface area (Å²) in [7, 11) is -2.70. The van der Waals surface area contributed by atoms with Crippen molar-refractivity contribution in [1.29, 1.82) is 0 Å². The van der Waals surface area contributed by atoms with Crippen molar-refractivity contribution < 1.29 is 23.1 Å². The number of sulfonamides is 1. The van der Waals surface area contributed by atoms with Gasteiger partial charge < -0.3 is 9.84 Å². The van der Waals surface area contributed by atoms with E-state index in [1.54, 1.807) is 0 Å². The Morgan fingerprint density at radius 2 is 2.19 bits per heavy atom. The molecular formula is C13H16ClNO5S. The molecule has 116 valence electrons. The molecule has 1 aliphatic rings. The van der Waals surface area contributed by atoms with Gasteiger partial charge in [0.1, 0.15) is 4.90 Å². The molecule has 1 unspecified atom stereocenters. The van der Waals surface area contributed by atoms with E-state index in [1.807, 2.05) is 0 Å². The van der Waals surface area contributed by atoms with Gasteiger partial charge in [-0.3, -0.25) is 0 Å². The minimum absolute atomic E-state index is 0.00364. The van der Waals surface area contributed by atoms with Crippen LogP contribution in [0.15, 0.2) is 23.1 Å². The van der Waals surface area contributed by atoms with E-state index in [1.165, 1.54) is 19.2 Å². The van der Waals surface area contributed by atoms with E-state index in [-0.39, 0.29) is 27.9 Å². The van der Waals surface area contributed by atoms with Gasteiger partial charge in [0, 0.05) is 6.54 Å². The molecule has 0 spiro atoms. The highest BCUT2D eigenvalue weighted by atomic mass is 35.5. The maximum absolute atomic E-state index is 12.2. The van der Waals surface area contributed by atoms with Crippen molar-refractivity contribution in [2.24, 2.45) is 5.92 Å². The van der Waals surface area contributed by atoms with E-state index < -0.39 is 22.1 Å². The highest BCUT2D eigenvalue weighted by Gasteiger charge is 2.31. The van der Waals surface area contributed by atoms with E-state index >= 15 is 0 Å². The van der Waals surface area contributed by atoms with Gasteiger partial charge in [-0.15, -0.1) is 0 Å². The Balaban J connectivity index is 2.19. The summed E-state index contributed by atoms with van der Waals surface area (Å²) in [5.41, 5.74) is 0.0880. The van der Waals surface area contributed by atoms with Crippen LogP contribution in [0.4, 0.5) is 0 Å². The van der Waals surface area contributed by atoms with Crippen LogP contribution in [0.2, 0.25) is 5.02 Å². The van der Waals surface area contributed by atoms with Gasteiger partial charge in [-0.25, -0.2) is 17.9 Å². The number of hydrogen-bond donors (Lipinski definition) is 2. The summed E-state index contributed by atoms with van der Waals surface area (Å²) in [5.74, 6) is -0.495. The van der Waals surface area contributed by atoms with Crippen LogP contribution in [-0.2, 0) is 14.8 Å². The summed E-state index contributed by atoms with van der Waals surface area (Å²) in [6.45, 7) is -0.0776. The standard InChI is InChI=1S/C13H16ClNO5S/c1-20-13(17)9-4-5-10(14)12(6-9)21(18,19)15-7-11(16)8-2-3-8/h4-6,8,11,15-16H,2-3,7H2,1H3. The lowest BCUT2D eigenvalue weighted by Gasteiger charge is -2.12. The third kappa shape index (κ3) is 3.94. The largest absolute Gasteiger partial charge is 0.465 e. The molecule has 8 heteroatoms. The van der Waals surface area contributed by atoms with Gasteiger partial charge in [0.05, 0.1) is 23.8 Å². The first kappa shape index (κ1) is 16.2. The zero-order chi connectivity index (χ0) is 15.6. The summed E-state index contributed by atoms with van der Waals surface area (Å²) < 4.78 is 31.3. The van der Waals surface area contributed by atoms with E-state index in [0.29, 0.717) is 0 Å². The second-order valence-corrected chi connectivity index (χ2v) is 7.04. The minimum Gasteiger partial charge on any atom is -0.465 e. The summed E-state index contributed by atoms with van der Waals surface area (Å²) >= 11 is 5.89. The van der Waals surface area contributed by atoms with E-state index in [9.17, 15) is 18.3 Å². The number of aliphatic hydroxyl groups is 1. The predicted octanol–water partition coefficient (Wildman–Crippen LogP) is 1.18. The van der Waals surface area contributed by atoms with Crippen molar-refractivity contribution in [3.8, 4) is 0 Å². The predicted molar refractivity (Wildman–Crippen MR) is 76.7 cm³/mol. The zero-order valence-electron chi connectivity index (χ0n) is 11.4. The molecule has 2 N–H and O–H groups in total. The van der Waals surface area contributed by atoms with Crippen LogP contribution in [0.25, 0.3) is 0 Å². The lowest BCUT2D eigenvalue weighted by molar-refractivity contribution is 0.0600. The molecule has 1 aromatic rings. The molecule has 1 aliphatic carbocycles. The molecule has 2 rings (SSSR count). The normalized spacial score (nSPS) is 16.5. The number of nitrogens with one attached hydrogen (secondary N) is 1. The first-order valence-electron chi connectivity index (χ1n) is 6.40. The summed E-state index contributed by atoms with van der Waals surface area (Å²) in [6.07, 6.45) is 1.10. The summed E-state index contributed by atoms with van der Waals surface area (Å²) in [5, 5.41) is 9.71. The molecular weight excluding hydrogens is 318 g/mol. The monoisotopic (exact) mass is 333 g/mol. The average molecular weight is 334 g/mol. The number of esters is 1. The fourth-order valence-corrected chi connectivity index (χ4v) is 3.45. The Bertz CT molecular complexity index is 642. The fraction of sp³-hybridized carbons (Fsp3) is 0.462. The van der Waals surface area contributed by atoms with Crippen molar-refractivity contribution in [3.05, 3.63) is 28.8 Å². The molecule has 0 aliphatic heterocycles. The summed E-state index contributed by atoms with van der Waals surface area (Å²) in [6, 6.07) is 3.85. The number of benzene rings is 1. The van der Waals surface area contributed by atoms with Gasteiger partial charge in [-0.05, 0) is 37.0 Å². The van der Waals surface area contributed by atoms with Crippen LogP contribution in [0.3, 0.4) is 0 Å². The molecule has 0 heterocycles. The highest BCUT2D eigenvalue weighted by Crippen LogP contribution is 2.32. The van der Waals surface area contributed by atoms with E-state index in [2.05, 4.69) is 9.46 Å². The molecule has 6 nitrogen and oxygen atoms in total. The maximum atomic E-state index is 12.2. The van der Waals surface area contributed by atoms with Crippen molar-refractivity contribution >= 4 is 27.6 Å². The molecule has 0 bridgehead atoms. The van der Waals surface area contributed by atoms with Gasteiger partial charge in [0.2, 0.25) is 10.0 Å². The van der Waals surface area contributed by atoms with Crippen LogP contribution >= 0.6 is 11.6 Å². The Hall–Kier alpha value is -1.15. The van der Waals surface area contributed by atoms with Gasteiger partial charge in [-0.2, -0.15) is 0 Å². The van der Waals surface area contributed by atoms with Crippen molar-refractivity contribution in [1.82, 2.24) is 4.72 Å². The van der Waals surface area contributed by atoms with Gasteiger partial charge in [0.25, 0.3) is 0 Å². The van der Waals surface area contributed by atoms with Crippen LogP contribution in [0, 0.1) is 5.92 Å². The fourth-order valence-electron chi connectivity index (χ4n) is 1.87. The Morgan fingerprint density at radius 1 is 1.52 bits per heavy atom. The number of halogens is 1. The zero-order valence-corrected chi connectivity index (χ0v) is 12.9.